The molecule has 1 aromatic heterocycles. The summed E-state index contributed by atoms with van der Waals surface area (Å²) >= 11 is 0. The maximum absolute atomic E-state index is 12.4. The fourth-order valence-corrected chi connectivity index (χ4v) is 6.21. The third kappa shape index (κ3) is 6.43. The molecule has 10 heteroatoms. The van der Waals surface area contributed by atoms with E-state index in [-0.39, 0.29) is 55.0 Å². The summed E-state index contributed by atoms with van der Waals surface area (Å²) in [5, 5.41) is 28.4. The largest absolute Gasteiger partial charge is 0.481 e. The molecule has 0 saturated carbocycles. The second-order valence-electron chi connectivity index (χ2n) is 11.5. The molecule has 1 unspecified atom stereocenters. The van der Waals surface area contributed by atoms with Gasteiger partial charge in [0.2, 0.25) is 5.91 Å². The number of rotatable bonds is 12. The van der Waals surface area contributed by atoms with E-state index in [0.29, 0.717) is 24.1 Å². The van der Waals surface area contributed by atoms with Crippen LogP contribution in [0.3, 0.4) is 0 Å². The van der Waals surface area contributed by atoms with Gasteiger partial charge in [-0.3, -0.25) is 19.2 Å². The van der Waals surface area contributed by atoms with Gasteiger partial charge in [0.05, 0.1) is 6.04 Å². The number of H-pyrrole nitrogens is 1. The molecule has 6 N–H and O–H groups in total. The number of amides is 2. The van der Waals surface area contributed by atoms with E-state index in [9.17, 15) is 29.4 Å². The van der Waals surface area contributed by atoms with Crippen LogP contribution in [0.25, 0.3) is 12.2 Å². The summed E-state index contributed by atoms with van der Waals surface area (Å²) in [7, 11) is 0. The molecule has 1 aromatic rings. The summed E-state index contributed by atoms with van der Waals surface area (Å²) in [6, 6.07) is -0.338. The van der Waals surface area contributed by atoms with Crippen molar-refractivity contribution in [2.45, 2.75) is 71.9 Å². The van der Waals surface area contributed by atoms with Gasteiger partial charge in [0.15, 0.2) is 0 Å². The number of hydrogen-bond acceptors (Lipinski definition) is 5. The van der Waals surface area contributed by atoms with Crippen LogP contribution < -0.4 is 16.0 Å². The van der Waals surface area contributed by atoms with E-state index in [4.69, 9.17) is 0 Å². The molecule has 0 aromatic carbocycles. The molecule has 1 fully saturated rings. The number of hydrogen-bond donors (Lipinski definition) is 6. The van der Waals surface area contributed by atoms with Gasteiger partial charge in [-0.25, -0.2) is 0 Å². The molecule has 0 radical (unpaired) electrons. The molecule has 0 bridgehead atoms. The first-order chi connectivity index (χ1) is 20.4. The minimum atomic E-state index is -0.916. The molecule has 10 nitrogen and oxygen atoms in total. The average molecular weight is 589 g/mol. The molecule has 0 spiro atoms. The Kier molecular flexibility index (Phi) is 9.27. The van der Waals surface area contributed by atoms with Gasteiger partial charge >= 0.3 is 11.9 Å². The fraction of sp³-hybridized carbons (Fsp3) is 0.394. The SMILES string of the molecule is C=CC1=C(C)[C@@H](CC2N/C(=C\c3[nH]c(/C=C4\NC(=O)[C@H](C)[C@H]4C=C)c(C)c3CCC(=O)O)C(CCC(=O)O)=C2C)NC1=O. The minimum Gasteiger partial charge on any atom is -0.481 e. The third-order valence-electron chi connectivity index (χ3n) is 8.88. The lowest BCUT2D eigenvalue weighted by molar-refractivity contribution is -0.138. The summed E-state index contributed by atoms with van der Waals surface area (Å²) in [6.45, 7) is 15.3. The van der Waals surface area contributed by atoms with Crippen molar-refractivity contribution in [1.82, 2.24) is 20.9 Å². The van der Waals surface area contributed by atoms with E-state index >= 15 is 0 Å². The van der Waals surface area contributed by atoms with Crippen LogP contribution in [0.4, 0.5) is 0 Å². The first-order valence-electron chi connectivity index (χ1n) is 14.5. The third-order valence-corrected chi connectivity index (χ3v) is 8.88. The molecule has 3 aliphatic heterocycles. The minimum absolute atomic E-state index is 0.0497. The quantitative estimate of drug-likeness (QED) is 0.200. The smallest absolute Gasteiger partial charge is 0.303 e. The predicted octanol–water partition coefficient (Wildman–Crippen LogP) is 4.13. The van der Waals surface area contributed by atoms with Gasteiger partial charge in [-0.15, -0.1) is 6.58 Å². The van der Waals surface area contributed by atoms with Crippen LogP contribution in [0.15, 0.2) is 59.0 Å². The van der Waals surface area contributed by atoms with Gasteiger partial charge in [-0.2, -0.15) is 0 Å². The van der Waals surface area contributed by atoms with E-state index < -0.39 is 11.9 Å². The van der Waals surface area contributed by atoms with Crippen LogP contribution >= 0.6 is 0 Å². The van der Waals surface area contributed by atoms with E-state index in [1.54, 1.807) is 12.2 Å². The summed E-state index contributed by atoms with van der Waals surface area (Å²) in [6.07, 6.45) is 8.15. The highest BCUT2D eigenvalue weighted by Gasteiger charge is 2.35. The zero-order valence-electron chi connectivity index (χ0n) is 25.1. The lowest BCUT2D eigenvalue weighted by Gasteiger charge is -2.20. The van der Waals surface area contributed by atoms with Crippen molar-refractivity contribution < 1.29 is 29.4 Å². The first-order valence-corrected chi connectivity index (χ1v) is 14.5. The second kappa shape index (κ2) is 12.7. The lowest BCUT2D eigenvalue weighted by atomic mass is 9.94. The maximum atomic E-state index is 12.4. The zero-order valence-corrected chi connectivity index (χ0v) is 25.1. The van der Waals surface area contributed by atoms with Crippen molar-refractivity contribution in [1.29, 1.82) is 0 Å². The second-order valence-corrected chi connectivity index (χ2v) is 11.5. The average Bonchev–Trinajstić information content (AvgIpc) is 3.59. The summed E-state index contributed by atoms with van der Waals surface area (Å²) < 4.78 is 0. The molecule has 228 valence electrons. The zero-order chi connectivity index (χ0) is 31.6. The number of aromatic amines is 1. The molecule has 4 rings (SSSR count). The number of carboxylic acid groups (broad SMARTS) is 2. The molecule has 0 aliphatic carbocycles. The van der Waals surface area contributed by atoms with Crippen molar-refractivity contribution in [2.24, 2.45) is 11.8 Å². The number of nitrogens with one attached hydrogen (secondary N) is 4. The number of aliphatic carboxylic acids is 2. The van der Waals surface area contributed by atoms with Crippen molar-refractivity contribution in [3.05, 3.63) is 81.5 Å². The van der Waals surface area contributed by atoms with Crippen LogP contribution in [-0.2, 0) is 25.6 Å². The Bertz CT molecular complexity index is 1520. The van der Waals surface area contributed by atoms with Crippen LogP contribution in [0.2, 0.25) is 0 Å². The van der Waals surface area contributed by atoms with E-state index in [2.05, 4.69) is 34.1 Å². The highest BCUT2D eigenvalue weighted by atomic mass is 16.4. The molecule has 4 atom stereocenters. The predicted molar refractivity (Wildman–Crippen MR) is 164 cm³/mol. The molecule has 2 amide bonds. The Morgan fingerprint density at radius 3 is 2.16 bits per heavy atom. The van der Waals surface area contributed by atoms with Crippen LogP contribution in [0.1, 0.15) is 69.0 Å². The van der Waals surface area contributed by atoms with Crippen molar-refractivity contribution in [3.63, 3.8) is 0 Å². The van der Waals surface area contributed by atoms with Crippen molar-refractivity contribution in [2.75, 3.05) is 0 Å². The Morgan fingerprint density at radius 1 is 0.907 bits per heavy atom. The Labute approximate surface area is 251 Å². The lowest BCUT2D eigenvalue weighted by Crippen LogP contribution is -2.36. The van der Waals surface area contributed by atoms with Gasteiger partial charge in [-0.1, -0.05) is 25.7 Å². The molecule has 4 heterocycles. The standard InChI is InChI=1S/C33H40N4O6/c1-7-20-19(6)32(42)37-27(20)14-25-18(5)23(10-12-31(40)41)29(35-25)15-28-22(9-11-30(38)39)17(4)24(34-28)13-26-16(3)21(8-2)33(43)36-26/h7-8,14-15,19-20,24,26,34-35H,1-2,9-13H2,3-6H3,(H,36,43)(H,37,42)(H,38,39)(H,40,41)/b27-14-,28-15-/t19-,20-,24?,26-/m1/s1. The number of carboxylic acids is 2. The molecule has 43 heavy (non-hydrogen) atoms. The number of carbonyl (C=O) groups excluding carboxylic acids is 2. The van der Waals surface area contributed by atoms with E-state index in [1.165, 1.54) is 0 Å². The van der Waals surface area contributed by atoms with Crippen molar-refractivity contribution >= 4 is 35.9 Å². The van der Waals surface area contributed by atoms with Crippen LogP contribution in [0.5, 0.6) is 0 Å². The highest BCUT2D eigenvalue weighted by molar-refractivity contribution is 6.00. The number of allylic oxidation sites excluding steroid dienone is 2. The summed E-state index contributed by atoms with van der Waals surface area (Å²) in [5.74, 6) is -2.47. The molecule has 3 aliphatic rings. The van der Waals surface area contributed by atoms with Gasteiger partial charge in [-0.05, 0) is 80.0 Å². The Hall–Kier alpha value is -4.60. The number of carbonyl (C=O) groups is 4. The molecular weight excluding hydrogens is 548 g/mol. The van der Waals surface area contributed by atoms with Crippen molar-refractivity contribution in [3.8, 4) is 0 Å². The van der Waals surface area contributed by atoms with Gasteiger partial charge in [0.25, 0.3) is 5.91 Å². The first kappa shape index (κ1) is 31.3. The summed E-state index contributed by atoms with van der Waals surface area (Å²) in [4.78, 5) is 51.2. The number of aromatic nitrogens is 1. The van der Waals surface area contributed by atoms with Gasteiger partial charge in [0, 0.05) is 59.1 Å². The van der Waals surface area contributed by atoms with E-state index in [0.717, 1.165) is 44.9 Å². The fourth-order valence-electron chi connectivity index (χ4n) is 6.21. The van der Waals surface area contributed by atoms with Crippen LogP contribution in [-0.4, -0.2) is 51.0 Å². The molecular formula is C33H40N4O6. The van der Waals surface area contributed by atoms with Crippen LogP contribution in [0, 0.1) is 18.8 Å². The summed E-state index contributed by atoms with van der Waals surface area (Å²) in [5.41, 5.74) is 7.99. The van der Waals surface area contributed by atoms with Gasteiger partial charge < -0.3 is 31.1 Å². The van der Waals surface area contributed by atoms with E-state index in [1.807, 2.05) is 39.8 Å². The topological polar surface area (TPSA) is 161 Å². The maximum Gasteiger partial charge on any atom is 0.303 e. The Balaban J connectivity index is 1.74. The highest BCUT2D eigenvalue weighted by Crippen LogP contribution is 2.35. The Morgan fingerprint density at radius 2 is 1.56 bits per heavy atom. The normalized spacial score (nSPS) is 25.4. The monoisotopic (exact) mass is 588 g/mol. The van der Waals surface area contributed by atoms with Gasteiger partial charge in [0.1, 0.15) is 0 Å². The molecule has 1 saturated heterocycles.